The number of hydrogen-bond acceptors (Lipinski definition) is 3. The number of para-hydroxylation sites is 1. The average Bonchev–Trinajstić information content (AvgIpc) is 2.48. The first-order valence-corrected chi connectivity index (χ1v) is 6.73. The largest absolute Gasteiger partial charge is 0.493 e. The number of nitrogens with zero attached hydrogens (tertiary/aromatic N) is 1. The molecule has 2 aromatic rings. The standard InChI is InChI=1S/C16H18N2O/c17-14(15-6-3-4-9-18-15)11-12-8-10-19-16-7-2-1-5-13(12)16/h1-7,9,12,14H,8,10-11,17H2. The molecular formula is C16H18N2O. The minimum Gasteiger partial charge on any atom is -0.493 e. The third kappa shape index (κ3) is 2.61. The minimum absolute atomic E-state index is 0.0163. The fraction of sp³-hybridized carbons (Fsp3) is 0.312. The Morgan fingerprint density at radius 1 is 1.21 bits per heavy atom. The van der Waals surface area contributed by atoms with Crippen molar-refractivity contribution in [1.82, 2.24) is 4.98 Å². The highest BCUT2D eigenvalue weighted by molar-refractivity contribution is 5.38. The van der Waals surface area contributed by atoms with Crippen LogP contribution in [0.4, 0.5) is 0 Å². The Kier molecular flexibility index (Phi) is 3.47. The van der Waals surface area contributed by atoms with Gasteiger partial charge in [-0.25, -0.2) is 0 Å². The highest BCUT2D eigenvalue weighted by atomic mass is 16.5. The maximum atomic E-state index is 6.28. The highest BCUT2D eigenvalue weighted by Gasteiger charge is 2.23. The Hall–Kier alpha value is -1.87. The number of benzene rings is 1. The first-order valence-electron chi connectivity index (χ1n) is 6.73. The molecule has 0 spiro atoms. The van der Waals surface area contributed by atoms with E-state index in [9.17, 15) is 0 Å². The van der Waals surface area contributed by atoms with Gasteiger partial charge in [-0.2, -0.15) is 0 Å². The summed E-state index contributed by atoms with van der Waals surface area (Å²) in [7, 11) is 0. The molecule has 2 unspecified atom stereocenters. The Morgan fingerprint density at radius 2 is 2.05 bits per heavy atom. The Morgan fingerprint density at radius 3 is 2.89 bits per heavy atom. The van der Waals surface area contributed by atoms with E-state index >= 15 is 0 Å². The first-order chi connectivity index (χ1) is 9.34. The van der Waals surface area contributed by atoms with Gasteiger partial charge in [-0.15, -0.1) is 0 Å². The molecular weight excluding hydrogens is 236 g/mol. The van der Waals surface area contributed by atoms with Gasteiger partial charge in [0.05, 0.1) is 12.3 Å². The summed E-state index contributed by atoms with van der Waals surface area (Å²) in [6.45, 7) is 0.774. The molecule has 3 nitrogen and oxygen atoms in total. The molecule has 0 bridgehead atoms. The van der Waals surface area contributed by atoms with Crippen LogP contribution in [0.5, 0.6) is 5.75 Å². The van der Waals surface area contributed by atoms with Crippen molar-refractivity contribution in [2.75, 3.05) is 6.61 Å². The highest BCUT2D eigenvalue weighted by Crippen LogP contribution is 2.37. The van der Waals surface area contributed by atoms with E-state index in [-0.39, 0.29) is 6.04 Å². The number of hydrogen-bond donors (Lipinski definition) is 1. The topological polar surface area (TPSA) is 48.1 Å². The summed E-state index contributed by atoms with van der Waals surface area (Å²) in [5.74, 6) is 1.47. The predicted molar refractivity (Wildman–Crippen MR) is 75.1 cm³/mol. The monoisotopic (exact) mass is 254 g/mol. The molecule has 0 saturated carbocycles. The van der Waals surface area contributed by atoms with E-state index in [2.05, 4.69) is 17.1 Å². The molecule has 2 N–H and O–H groups in total. The van der Waals surface area contributed by atoms with Crippen molar-refractivity contribution in [3.05, 3.63) is 59.9 Å². The molecule has 98 valence electrons. The van der Waals surface area contributed by atoms with Crippen molar-refractivity contribution in [2.24, 2.45) is 5.73 Å². The van der Waals surface area contributed by atoms with Gasteiger partial charge in [0.15, 0.2) is 0 Å². The fourth-order valence-electron chi connectivity index (χ4n) is 2.68. The van der Waals surface area contributed by atoms with Crippen LogP contribution in [0.15, 0.2) is 48.7 Å². The van der Waals surface area contributed by atoms with E-state index in [1.54, 1.807) is 6.20 Å². The summed E-state index contributed by atoms with van der Waals surface area (Å²) in [6.07, 6.45) is 3.74. The zero-order valence-corrected chi connectivity index (χ0v) is 10.8. The zero-order chi connectivity index (χ0) is 13.1. The van der Waals surface area contributed by atoms with E-state index in [1.807, 2.05) is 30.3 Å². The average molecular weight is 254 g/mol. The second-order valence-corrected chi connectivity index (χ2v) is 4.97. The van der Waals surface area contributed by atoms with Crippen LogP contribution in [0.25, 0.3) is 0 Å². The molecule has 0 saturated heterocycles. The van der Waals surface area contributed by atoms with Crippen molar-refractivity contribution in [2.45, 2.75) is 24.8 Å². The van der Waals surface area contributed by atoms with E-state index in [4.69, 9.17) is 10.5 Å². The normalized spacial score (nSPS) is 19.3. The summed E-state index contributed by atoms with van der Waals surface area (Å²) in [6, 6.07) is 14.1. The van der Waals surface area contributed by atoms with E-state index in [0.717, 1.165) is 30.9 Å². The Labute approximate surface area is 113 Å². The van der Waals surface area contributed by atoms with Crippen LogP contribution < -0.4 is 10.5 Å². The molecule has 0 fully saturated rings. The fourth-order valence-corrected chi connectivity index (χ4v) is 2.68. The molecule has 19 heavy (non-hydrogen) atoms. The molecule has 1 aliphatic heterocycles. The van der Waals surface area contributed by atoms with Gasteiger partial charge >= 0.3 is 0 Å². The lowest BCUT2D eigenvalue weighted by Crippen LogP contribution is -2.20. The molecule has 2 atom stereocenters. The number of fused-ring (bicyclic) bond motifs is 1. The van der Waals surface area contributed by atoms with Crippen molar-refractivity contribution in [3.8, 4) is 5.75 Å². The van der Waals surface area contributed by atoms with Crippen molar-refractivity contribution in [1.29, 1.82) is 0 Å². The number of rotatable bonds is 3. The van der Waals surface area contributed by atoms with Gasteiger partial charge in [0.1, 0.15) is 5.75 Å². The molecule has 1 aromatic heterocycles. The van der Waals surface area contributed by atoms with Crippen LogP contribution in [0.2, 0.25) is 0 Å². The first kappa shape index (κ1) is 12.2. The summed E-state index contributed by atoms with van der Waals surface area (Å²) < 4.78 is 5.68. The lowest BCUT2D eigenvalue weighted by atomic mass is 9.87. The maximum absolute atomic E-state index is 6.28. The van der Waals surface area contributed by atoms with Crippen molar-refractivity contribution < 1.29 is 4.74 Å². The molecule has 0 amide bonds. The van der Waals surface area contributed by atoms with Gasteiger partial charge in [-0.05, 0) is 42.5 Å². The SMILES string of the molecule is NC(CC1CCOc2ccccc21)c1ccccn1. The van der Waals surface area contributed by atoms with E-state index in [0.29, 0.717) is 5.92 Å². The third-order valence-electron chi connectivity index (χ3n) is 3.69. The second kappa shape index (κ2) is 5.41. The molecule has 3 heteroatoms. The zero-order valence-electron chi connectivity index (χ0n) is 10.8. The molecule has 2 heterocycles. The Bertz CT molecular complexity index is 541. The van der Waals surface area contributed by atoms with Crippen LogP contribution in [-0.4, -0.2) is 11.6 Å². The predicted octanol–water partition coefficient (Wildman–Crippen LogP) is 3.04. The number of nitrogens with two attached hydrogens (primary N) is 1. The summed E-state index contributed by atoms with van der Waals surface area (Å²) >= 11 is 0. The number of pyridine rings is 1. The maximum Gasteiger partial charge on any atom is 0.122 e. The smallest absolute Gasteiger partial charge is 0.122 e. The summed E-state index contributed by atoms with van der Waals surface area (Å²) in [5, 5.41) is 0. The minimum atomic E-state index is -0.0163. The van der Waals surface area contributed by atoms with Gasteiger partial charge in [-0.1, -0.05) is 24.3 Å². The van der Waals surface area contributed by atoms with Crippen LogP contribution in [0.1, 0.15) is 36.1 Å². The number of aromatic nitrogens is 1. The van der Waals surface area contributed by atoms with Crippen LogP contribution in [0.3, 0.4) is 0 Å². The van der Waals surface area contributed by atoms with E-state index in [1.165, 1.54) is 5.56 Å². The molecule has 0 radical (unpaired) electrons. The summed E-state index contributed by atoms with van der Waals surface area (Å²) in [4.78, 5) is 4.34. The molecule has 1 aliphatic rings. The molecule has 1 aromatic carbocycles. The van der Waals surface area contributed by atoms with Crippen molar-refractivity contribution >= 4 is 0 Å². The lowest BCUT2D eigenvalue weighted by Gasteiger charge is -2.27. The molecule has 0 aliphatic carbocycles. The van der Waals surface area contributed by atoms with Gasteiger partial charge < -0.3 is 10.5 Å². The van der Waals surface area contributed by atoms with Crippen LogP contribution >= 0.6 is 0 Å². The van der Waals surface area contributed by atoms with Crippen molar-refractivity contribution in [3.63, 3.8) is 0 Å². The second-order valence-electron chi connectivity index (χ2n) is 4.97. The van der Waals surface area contributed by atoms with Crippen LogP contribution in [0, 0.1) is 0 Å². The van der Waals surface area contributed by atoms with Gasteiger partial charge in [0.25, 0.3) is 0 Å². The van der Waals surface area contributed by atoms with Gasteiger partial charge in [-0.3, -0.25) is 4.98 Å². The van der Waals surface area contributed by atoms with Crippen LogP contribution in [-0.2, 0) is 0 Å². The number of ether oxygens (including phenoxy) is 1. The molecule has 3 rings (SSSR count). The lowest BCUT2D eigenvalue weighted by molar-refractivity contribution is 0.259. The van der Waals surface area contributed by atoms with Gasteiger partial charge in [0.2, 0.25) is 0 Å². The third-order valence-corrected chi connectivity index (χ3v) is 3.69. The quantitative estimate of drug-likeness (QED) is 0.915. The van der Waals surface area contributed by atoms with Gasteiger partial charge in [0, 0.05) is 12.2 Å². The van der Waals surface area contributed by atoms with E-state index < -0.39 is 0 Å². The Balaban J connectivity index is 1.78. The summed E-state index contributed by atoms with van der Waals surface area (Å²) in [5.41, 5.74) is 8.52.